The van der Waals surface area contributed by atoms with E-state index in [0.29, 0.717) is 12.2 Å². The Labute approximate surface area is 113 Å². The second kappa shape index (κ2) is 5.48. The highest BCUT2D eigenvalue weighted by molar-refractivity contribution is 6.29. The molecule has 0 aliphatic heterocycles. The average Bonchev–Trinajstić information content (AvgIpc) is 2.34. The molecule has 0 radical (unpaired) electrons. The summed E-state index contributed by atoms with van der Waals surface area (Å²) in [6.45, 7) is 1.81. The topological polar surface area (TPSA) is 34.9 Å². The van der Waals surface area contributed by atoms with E-state index in [9.17, 15) is 13.6 Å². The van der Waals surface area contributed by atoms with Crippen LogP contribution in [0, 0.1) is 11.6 Å². The van der Waals surface area contributed by atoms with Gasteiger partial charge in [0, 0.05) is 24.1 Å². The summed E-state index contributed by atoms with van der Waals surface area (Å²) in [4.78, 5) is 15.9. The van der Waals surface area contributed by atoms with Gasteiger partial charge >= 0.3 is 0 Å². The molecule has 100 valence electrons. The van der Waals surface area contributed by atoms with Crippen molar-refractivity contribution < 1.29 is 8.78 Å². The molecule has 0 amide bonds. The Morgan fingerprint density at radius 2 is 2.05 bits per heavy atom. The predicted octanol–water partition coefficient (Wildman–Crippen LogP) is 2.79. The molecule has 1 aromatic heterocycles. The fraction of sp³-hybridized carbons (Fsp3) is 0.231. The van der Waals surface area contributed by atoms with Crippen LogP contribution in [0.2, 0.25) is 5.15 Å². The quantitative estimate of drug-likeness (QED) is 0.813. The first-order valence-electron chi connectivity index (χ1n) is 5.71. The summed E-state index contributed by atoms with van der Waals surface area (Å²) in [6, 6.07) is 4.42. The van der Waals surface area contributed by atoms with Gasteiger partial charge in [0.05, 0.1) is 6.54 Å². The van der Waals surface area contributed by atoms with E-state index in [4.69, 9.17) is 11.6 Å². The van der Waals surface area contributed by atoms with Gasteiger partial charge < -0.3 is 0 Å². The van der Waals surface area contributed by atoms with Crippen LogP contribution in [0.5, 0.6) is 0 Å². The van der Waals surface area contributed by atoms with Crippen molar-refractivity contribution in [3.63, 3.8) is 0 Å². The van der Waals surface area contributed by atoms with Gasteiger partial charge in [-0.3, -0.25) is 9.36 Å². The van der Waals surface area contributed by atoms with Crippen LogP contribution in [-0.4, -0.2) is 9.55 Å². The highest BCUT2D eigenvalue weighted by Gasteiger charge is 2.10. The van der Waals surface area contributed by atoms with E-state index in [2.05, 4.69) is 4.98 Å². The average molecular weight is 285 g/mol. The molecule has 1 aromatic carbocycles. The summed E-state index contributed by atoms with van der Waals surface area (Å²) >= 11 is 5.71. The minimum absolute atomic E-state index is 0.00170. The lowest BCUT2D eigenvalue weighted by Gasteiger charge is -2.11. The van der Waals surface area contributed by atoms with Gasteiger partial charge in [-0.1, -0.05) is 24.6 Å². The number of hydrogen-bond donors (Lipinski definition) is 0. The first-order valence-corrected chi connectivity index (χ1v) is 6.09. The van der Waals surface area contributed by atoms with E-state index in [-0.39, 0.29) is 22.8 Å². The molecule has 0 atom stereocenters. The van der Waals surface area contributed by atoms with Gasteiger partial charge in [0.15, 0.2) is 0 Å². The Morgan fingerprint density at radius 1 is 1.32 bits per heavy atom. The van der Waals surface area contributed by atoms with Crippen molar-refractivity contribution in [1.29, 1.82) is 0 Å². The summed E-state index contributed by atoms with van der Waals surface area (Å²) in [5.74, 6) is -0.885. The van der Waals surface area contributed by atoms with E-state index >= 15 is 0 Å². The van der Waals surface area contributed by atoms with Gasteiger partial charge in [-0.15, -0.1) is 0 Å². The van der Waals surface area contributed by atoms with Gasteiger partial charge in [0.2, 0.25) is 0 Å². The second-order valence-electron chi connectivity index (χ2n) is 4.01. The van der Waals surface area contributed by atoms with Gasteiger partial charge in [-0.25, -0.2) is 13.8 Å². The molecule has 0 N–H and O–H groups in total. The fourth-order valence-corrected chi connectivity index (χ4v) is 1.97. The van der Waals surface area contributed by atoms with Crippen molar-refractivity contribution in [3.05, 3.63) is 62.8 Å². The summed E-state index contributed by atoms with van der Waals surface area (Å²) in [6.07, 6.45) is 0.485. The van der Waals surface area contributed by atoms with Crippen molar-refractivity contribution in [1.82, 2.24) is 9.55 Å². The molecule has 3 nitrogen and oxygen atoms in total. The standard InChI is InChI=1S/C13H11ClF2N2O/c1-2-12-17-11(14)6-13(19)18(12)7-8-3-4-9(15)5-10(8)16/h3-6H,2,7H2,1H3. The Hall–Kier alpha value is -1.75. The van der Waals surface area contributed by atoms with E-state index in [1.165, 1.54) is 16.7 Å². The van der Waals surface area contributed by atoms with E-state index < -0.39 is 11.6 Å². The molecule has 2 aromatic rings. The zero-order valence-electron chi connectivity index (χ0n) is 10.2. The van der Waals surface area contributed by atoms with Crippen LogP contribution in [0.4, 0.5) is 8.78 Å². The van der Waals surface area contributed by atoms with Crippen LogP contribution >= 0.6 is 11.6 Å². The Balaban J connectivity index is 2.46. The van der Waals surface area contributed by atoms with Crippen LogP contribution < -0.4 is 5.56 Å². The number of aryl methyl sites for hydroxylation is 1. The third kappa shape index (κ3) is 2.98. The molecule has 19 heavy (non-hydrogen) atoms. The molecule has 2 rings (SSSR count). The molecular weight excluding hydrogens is 274 g/mol. The Morgan fingerprint density at radius 3 is 2.68 bits per heavy atom. The van der Waals surface area contributed by atoms with Crippen LogP contribution in [0.15, 0.2) is 29.1 Å². The maximum absolute atomic E-state index is 13.6. The van der Waals surface area contributed by atoms with E-state index in [0.717, 1.165) is 12.1 Å². The molecule has 1 heterocycles. The number of aromatic nitrogens is 2. The molecule has 6 heteroatoms. The lowest BCUT2D eigenvalue weighted by molar-refractivity contribution is 0.559. The summed E-state index contributed by atoms with van der Waals surface area (Å²) in [7, 11) is 0. The lowest BCUT2D eigenvalue weighted by Crippen LogP contribution is -2.25. The van der Waals surface area contributed by atoms with Gasteiger partial charge in [0.25, 0.3) is 5.56 Å². The molecule has 0 saturated carbocycles. The Bertz CT molecular complexity index is 670. The van der Waals surface area contributed by atoms with Crippen molar-refractivity contribution in [2.45, 2.75) is 19.9 Å². The van der Waals surface area contributed by atoms with Crippen LogP contribution in [0.25, 0.3) is 0 Å². The number of halogens is 3. The first kappa shape index (κ1) is 13.7. The van der Waals surface area contributed by atoms with Gasteiger partial charge in [-0.05, 0) is 6.07 Å². The summed E-state index contributed by atoms with van der Waals surface area (Å²) in [5, 5.41) is 0.109. The van der Waals surface area contributed by atoms with Crippen LogP contribution in [0.3, 0.4) is 0 Å². The minimum atomic E-state index is -0.691. The number of nitrogens with zero attached hydrogens (tertiary/aromatic N) is 2. The highest BCUT2D eigenvalue weighted by atomic mass is 35.5. The molecule has 0 fully saturated rings. The third-order valence-corrected chi connectivity index (χ3v) is 2.91. The first-order chi connectivity index (χ1) is 9.01. The predicted molar refractivity (Wildman–Crippen MR) is 68.3 cm³/mol. The largest absolute Gasteiger partial charge is 0.292 e. The zero-order valence-corrected chi connectivity index (χ0v) is 10.9. The van der Waals surface area contributed by atoms with Crippen molar-refractivity contribution >= 4 is 11.6 Å². The maximum Gasteiger partial charge on any atom is 0.255 e. The highest BCUT2D eigenvalue weighted by Crippen LogP contribution is 2.12. The number of rotatable bonds is 3. The third-order valence-electron chi connectivity index (χ3n) is 2.72. The molecule has 0 spiro atoms. The van der Waals surface area contributed by atoms with Crippen molar-refractivity contribution in [3.8, 4) is 0 Å². The normalized spacial score (nSPS) is 10.7. The summed E-state index contributed by atoms with van der Waals surface area (Å²) < 4.78 is 27.7. The lowest BCUT2D eigenvalue weighted by atomic mass is 10.2. The number of hydrogen-bond acceptors (Lipinski definition) is 2. The molecule has 0 bridgehead atoms. The molecular formula is C13H11ClF2N2O. The van der Waals surface area contributed by atoms with E-state index in [1.807, 2.05) is 6.92 Å². The van der Waals surface area contributed by atoms with E-state index in [1.54, 1.807) is 0 Å². The fourth-order valence-electron chi connectivity index (χ4n) is 1.78. The van der Waals surface area contributed by atoms with Crippen LogP contribution in [-0.2, 0) is 13.0 Å². The van der Waals surface area contributed by atoms with Crippen LogP contribution in [0.1, 0.15) is 18.3 Å². The summed E-state index contributed by atoms with van der Waals surface area (Å²) in [5.41, 5.74) is -0.136. The zero-order chi connectivity index (χ0) is 14.0. The smallest absolute Gasteiger partial charge is 0.255 e. The monoisotopic (exact) mass is 284 g/mol. The SMILES string of the molecule is CCc1nc(Cl)cc(=O)n1Cc1ccc(F)cc1F. The minimum Gasteiger partial charge on any atom is -0.292 e. The number of benzene rings is 1. The molecule has 0 aliphatic carbocycles. The van der Waals surface area contributed by atoms with Gasteiger partial charge in [0.1, 0.15) is 22.6 Å². The maximum atomic E-state index is 13.6. The molecule has 0 saturated heterocycles. The molecule has 0 unspecified atom stereocenters. The second-order valence-corrected chi connectivity index (χ2v) is 4.40. The Kier molecular flexibility index (Phi) is 3.95. The molecule has 0 aliphatic rings. The van der Waals surface area contributed by atoms with Crippen molar-refractivity contribution in [2.24, 2.45) is 0 Å². The van der Waals surface area contributed by atoms with Gasteiger partial charge in [-0.2, -0.15) is 0 Å². The van der Waals surface area contributed by atoms with Crippen molar-refractivity contribution in [2.75, 3.05) is 0 Å².